The van der Waals surface area contributed by atoms with Crippen LogP contribution in [0.2, 0.25) is 0 Å². The average Bonchev–Trinajstić information content (AvgIpc) is 3.22. The number of hydrogen-bond donors (Lipinski definition) is 1. The topological polar surface area (TPSA) is 53.5 Å². The van der Waals surface area contributed by atoms with Crippen LogP contribution < -0.4 is 9.64 Å². The van der Waals surface area contributed by atoms with Crippen molar-refractivity contribution in [3.63, 3.8) is 0 Å². The van der Waals surface area contributed by atoms with Gasteiger partial charge in [0.1, 0.15) is 17.4 Å². The number of imidazole rings is 1. The molecular weight excluding hydrogens is 367 g/mol. The van der Waals surface area contributed by atoms with Crippen LogP contribution in [0.4, 0.5) is 10.1 Å². The molecule has 1 aliphatic rings. The quantitative estimate of drug-likeness (QED) is 0.658. The Labute approximate surface area is 168 Å². The van der Waals surface area contributed by atoms with Crippen molar-refractivity contribution in [2.24, 2.45) is 4.99 Å². The van der Waals surface area contributed by atoms with E-state index in [1.165, 1.54) is 12.1 Å². The number of nitrogens with zero attached hydrogens (tertiary/aromatic N) is 3. The molecule has 0 amide bonds. The number of rotatable bonds is 5. The van der Waals surface area contributed by atoms with Crippen LogP contribution in [0.15, 0.2) is 65.4 Å². The van der Waals surface area contributed by atoms with Gasteiger partial charge in [0, 0.05) is 12.2 Å². The number of nitrogens with one attached hydrogen (secondary N) is 1. The normalized spacial score (nSPS) is 13.8. The molecule has 0 unspecified atom stereocenters. The molecule has 146 valence electrons. The monoisotopic (exact) mass is 388 g/mol. The summed E-state index contributed by atoms with van der Waals surface area (Å²) in [4.78, 5) is 14.0. The van der Waals surface area contributed by atoms with Crippen molar-refractivity contribution in [3.8, 4) is 17.0 Å². The molecule has 5 nitrogen and oxygen atoms in total. The second-order valence-corrected chi connectivity index (χ2v) is 6.70. The van der Waals surface area contributed by atoms with Crippen LogP contribution in [0.1, 0.15) is 18.3 Å². The lowest BCUT2D eigenvalue weighted by atomic mass is 10.1. The Morgan fingerprint density at radius 3 is 2.69 bits per heavy atom. The average molecular weight is 388 g/mol. The van der Waals surface area contributed by atoms with Crippen LogP contribution in [0.3, 0.4) is 0 Å². The highest BCUT2D eigenvalue weighted by molar-refractivity contribution is 5.85. The molecule has 6 heteroatoms. The minimum Gasteiger partial charge on any atom is -0.495 e. The van der Waals surface area contributed by atoms with Crippen molar-refractivity contribution < 1.29 is 9.13 Å². The number of allylic oxidation sites excluding steroid dienone is 1. The first-order valence-corrected chi connectivity index (χ1v) is 9.27. The molecule has 1 aliphatic heterocycles. The van der Waals surface area contributed by atoms with Gasteiger partial charge in [-0.3, -0.25) is 0 Å². The molecule has 0 aliphatic carbocycles. The molecule has 0 saturated carbocycles. The van der Waals surface area contributed by atoms with E-state index in [0.29, 0.717) is 0 Å². The summed E-state index contributed by atoms with van der Waals surface area (Å²) in [5.41, 5.74) is 4.69. The maximum atomic E-state index is 13.1. The molecule has 0 radical (unpaired) electrons. The van der Waals surface area contributed by atoms with E-state index in [0.717, 1.165) is 46.3 Å². The van der Waals surface area contributed by atoms with E-state index in [9.17, 15) is 4.39 Å². The number of aromatic amines is 1. The number of aromatic nitrogens is 2. The third-order valence-electron chi connectivity index (χ3n) is 4.68. The van der Waals surface area contributed by atoms with Crippen LogP contribution >= 0.6 is 0 Å². The summed E-state index contributed by atoms with van der Waals surface area (Å²) >= 11 is 0. The zero-order valence-electron chi connectivity index (χ0n) is 16.3. The van der Waals surface area contributed by atoms with Crippen molar-refractivity contribution in [2.75, 3.05) is 18.6 Å². The molecule has 3 aromatic rings. The van der Waals surface area contributed by atoms with E-state index < -0.39 is 0 Å². The van der Waals surface area contributed by atoms with Gasteiger partial charge in [0.05, 0.1) is 31.0 Å². The minimum atomic E-state index is -0.257. The van der Waals surface area contributed by atoms with Crippen LogP contribution in [-0.2, 0) is 0 Å². The first-order chi connectivity index (χ1) is 14.1. The third kappa shape index (κ3) is 4.27. The van der Waals surface area contributed by atoms with Crippen molar-refractivity contribution in [1.82, 2.24) is 9.97 Å². The van der Waals surface area contributed by atoms with Crippen LogP contribution in [0, 0.1) is 5.82 Å². The Hall–Kier alpha value is -3.67. The predicted octanol–water partition coefficient (Wildman–Crippen LogP) is 5.15. The highest BCUT2D eigenvalue weighted by Gasteiger charge is 2.12. The van der Waals surface area contributed by atoms with E-state index in [1.54, 1.807) is 25.4 Å². The third-order valence-corrected chi connectivity index (χ3v) is 4.68. The Morgan fingerprint density at radius 1 is 1.14 bits per heavy atom. The molecule has 2 aromatic carbocycles. The van der Waals surface area contributed by atoms with Crippen LogP contribution in [-0.4, -0.2) is 30.0 Å². The number of halogens is 1. The summed E-state index contributed by atoms with van der Waals surface area (Å²) < 4.78 is 18.7. The summed E-state index contributed by atoms with van der Waals surface area (Å²) in [5, 5.41) is 0. The van der Waals surface area contributed by atoms with Gasteiger partial charge in [-0.05, 0) is 66.6 Å². The van der Waals surface area contributed by atoms with Crippen molar-refractivity contribution in [2.45, 2.75) is 6.92 Å². The summed E-state index contributed by atoms with van der Waals surface area (Å²) in [6.07, 6.45) is 9.50. The van der Waals surface area contributed by atoms with E-state index in [2.05, 4.69) is 21.0 Å². The molecule has 0 spiro atoms. The molecule has 0 bridgehead atoms. The van der Waals surface area contributed by atoms with E-state index in [-0.39, 0.29) is 5.82 Å². The van der Waals surface area contributed by atoms with Gasteiger partial charge in [0.25, 0.3) is 0 Å². The molecule has 29 heavy (non-hydrogen) atoms. The van der Waals surface area contributed by atoms with Gasteiger partial charge in [-0.2, -0.15) is 0 Å². The zero-order valence-corrected chi connectivity index (χ0v) is 16.3. The van der Waals surface area contributed by atoms with Gasteiger partial charge in [-0.1, -0.05) is 12.1 Å². The lowest BCUT2D eigenvalue weighted by Crippen LogP contribution is -2.24. The number of hydrogen-bond acceptors (Lipinski definition) is 4. The number of benzene rings is 2. The van der Waals surface area contributed by atoms with Crippen LogP contribution in [0.25, 0.3) is 23.4 Å². The molecule has 2 heterocycles. The van der Waals surface area contributed by atoms with Gasteiger partial charge in [0.15, 0.2) is 0 Å². The fraction of sp³-hybridized carbons (Fsp3) is 0.130. The smallest absolute Gasteiger partial charge is 0.143 e. The first-order valence-electron chi connectivity index (χ1n) is 9.27. The predicted molar refractivity (Wildman–Crippen MR) is 115 cm³/mol. The zero-order chi connectivity index (χ0) is 20.2. The Kier molecular flexibility index (Phi) is 5.24. The maximum absolute atomic E-state index is 13.1. The van der Waals surface area contributed by atoms with E-state index >= 15 is 0 Å². The Balaban J connectivity index is 1.51. The van der Waals surface area contributed by atoms with Crippen LogP contribution in [0.5, 0.6) is 5.75 Å². The molecule has 0 atom stereocenters. The van der Waals surface area contributed by atoms with Gasteiger partial charge in [0.2, 0.25) is 0 Å². The molecule has 1 aromatic heterocycles. The summed E-state index contributed by atoms with van der Waals surface area (Å²) in [6.45, 7) is 2.74. The van der Waals surface area contributed by atoms with Gasteiger partial charge >= 0.3 is 0 Å². The fourth-order valence-corrected chi connectivity index (χ4v) is 3.06. The second-order valence-electron chi connectivity index (χ2n) is 6.70. The lowest BCUT2D eigenvalue weighted by Gasteiger charge is -2.23. The first kappa shape index (κ1) is 18.7. The number of aliphatic imine (C=N–C) groups is 1. The van der Waals surface area contributed by atoms with Gasteiger partial charge < -0.3 is 14.6 Å². The summed E-state index contributed by atoms with van der Waals surface area (Å²) in [7, 11) is 1.66. The molecule has 0 fully saturated rings. The summed E-state index contributed by atoms with van der Waals surface area (Å²) in [6, 6.07) is 12.3. The fourth-order valence-electron chi connectivity index (χ4n) is 3.06. The van der Waals surface area contributed by atoms with Gasteiger partial charge in [-0.15, -0.1) is 0 Å². The standard InChI is InChI=1S/C23H21FN4O/c1-16-11-12-28(15-26-16)21-9-3-17(13-22(21)29-2)4-10-23-25-14-20(27-23)18-5-7-19(24)8-6-18/h3-11,13-15H,12H2,1-2H3,(H,25,27)/b10-4+. The van der Waals surface area contributed by atoms with E-state index in [4.69, 9.17) is 4.74 Å². The van der Waals surface area contributed by atoms with E-state index in [1.807, 2.05) is 48.5 Å². The molecular formula is C23H21FN4O. The Bertz CT molecular complexity index is 1100. The minimum absolute atomic E-state index is 0.257. The largest absolute Gasteiger partial charge is 0.495 e. The maximum Gasteiger partial charge on any atom is 0.143 e. The number of H-pyrrole nitrogens is 1. The molecule has 1 N–H and O–H groups in total. The highest BCUT2D eigenvalue weighted by atomic mass is 19.1. The Morgan fingerprint density at radius 2 is 1.97 bits per heavy atom. The number of ether oxygens (including phenoxy) is 1. The molecule has 0 saturated heterocycles. The summed E-state index contributed by atoms with van der Waals surface area (Å²) in [5.74, 6) is 1.24. The SMILES string of the molecule is COc1cc(/C=C/c2ncc(-c3ccc(F)cc3)[nH]2)ccc1N1C=NC(C)=CC1. The van der Waals surface area contributed by atoms with Crippen molar-refractivity contribution in [1.29, 1.82) is 0 Å². The van der Waals surface area contributed by atoms with Crippen molar-refractivity contribution in [3.05, 3.63) is 77.6 Å². The van der Waals surface area contributed by atoms with Gasteiger partial charge in [-0.25, -0.2) is 14.4 Å². The lowest BCUT2D eigenvalue weighted by molar-refractivity contribution is 0.415. The van der Waals surface area contributed by atoms with Crippen molar-refractivity contribution >= 4 is 24.2 Å². The number of methoxy groups -OCH3 is 1. The second kappa shape index (κ2) is 8.14. The number of anilines is 1. The highest BCUT2D eigenvalue weighted by Crippen LogP contribution is 2.30. The molecule has 4 rings (SSSR count).